The van der Waals surface area contributed by atoms with Gasteiger partial charge in [-0.25, -0.2) is 4.98 Å². The van der Waals surface area contributed by atoms with Crippen molar-refractivity contribution in [2.24, 2.45) is 0 Å². The summed E-state index contributed by atoms with van der Waals surface area (Å²) in [7, 11) is 0. The maximum Gasteiger partial charge on any atom is 0.300 e. The topological polar surface area (TPSA) is 60.2 Å². The molecule has 0 saturated heterocycles. The lowest BCUT2D eigenvalue weighted by atomic mass is 10.2. The Balaban J connectivity index is 1.68. The summed E-state index contributed by atoms with van der Waals surface area (Å²) in [5, 5.41) is 5.50. The van der Waals surface area contributed by atoms with Gasteiger partial charge in [-0.2, -0.15) is 14.6 Å². The van der Waals surface area contributed by atoms with E-state index in [0.29, 0.717) is 17.1 Å². The van der Waals surface area contributed by atoms with Crippen molar-refractivity contribution < 1.29 is 0 Å². The predicted octanol–water partition coefficient (Wildman–Crippen LogP) is 4.91. The highest BCUT2D eigenvalue weighted by Crippen LogP contribution is 2.25. The highest BCUT2D eigenvalue weighted by atomic mass is 32.2. The molecule has 0 spiro atoms. The Bertz CT molecular complexity index is 1410. The van der Waals surface area contributed by atoms with Crippen LogP contribution in [0.3, 0.4) is 0 Å². The summed E-state index contributed by atoms with van der Waals surface area (Å²) in [4.78, 5) is 23.2. The van der Waals surface area contributed by atoms with Crippen LogP contribution in [0.5, 0.6) is 0 Å². The standard InChI is InChI=1S/C24H18N4OS/c1-16-11-13-18(14-12-16)30-15-21-25-20-10-6-5-9-19(20)23-26-24(29)22(27-28(21)23)17-7-3-2-4-8-17/h2-14H,15H2,1H3. The maximum atomic E-state index is 12.8. The summed E-state index contributed by atoms with van der Waals surface area (Å²) in [6.07, 6.45) is 0. The first-order chi connectivity index (χ1) is 14.7. The zero-order valence-corrected chi connectivity index (χ0v) is 17.1. The molecule has 0 radical (unpaired) electrons. The van der Waals surface area contributed by atoms with Crippen LogP contribution in [-0.4, -0.2) is 19.6 Å². The Morgan fingerprint density at radius 3 is 2.40 bits per heavy atom. The molecule has 6 heteroatoms. The number of rotatable bonds is 4. The lowest BCUT2D eigenvalue weighted by Crippen LogP contribution is -2.18. The number of para-hydroxylation sites is 1. The summed E-state index contributed by atoms with van der Waals surface area (Å²) in [5.74, 6) is 1.36. The smallest absolute Gasteiger partial charge is 0.265 e. The molecule has 146 valence electrons. The van der Waals surface area contributed by atoms with E-state index >= 15 is 0 Å². The van der Waals surface area contributed by atoms with Gasteiger partial charge in [-0.15, -0.1) is 11.8 Å². The van der Waals surface area contributed by atoms with Crippen LogP contribution >= 0.6 is 11.8 Å². The van der Waals surface area contributed by atoms with E-state index < -0.39 is 0 Å². The summed E-state index contributed by atoms with van der Waals surface area (Å²) in [6.45, 7) is 2.07. The molecule has 0 unspecified atom stereocenters. The first kappa shape index (κ1) is 18.5. The SMILES string of the molecule is Cc1ccc(SCc2nc3ccccc3c3nc(=O)c(-c4ccccc4)nn23)cc1. The molecule has 5 rings (SSSR count). The Hall–Kier alpha value is -3.51. The van der Waals surface area contributed by atoms with Crippen molar-refractivity contribution in [1.82, 2.24) is 19.6 Å². The molecule has 5 nitrogen and oxygen atoms in total. The van der Waals surface area contributed by atoms with E-state index in [9.17, 15) is 4.79 Å². The van der Waals surface area contributed by atoms with Crippen molar-refractivity contribution in [3.8, 4) is 11.3 Å². The molecule has 0 aliphatic rings. The van der Waals surface area contributed by atoms with Crippen LogP contribution in [0.15, 0.2) is 88.6 Å². The van der Waals surface area contributed by atoms with Crippen molar-refractivity contribution in [2.75, 3.05) is 0 Å². The molecule has 0 aliphatic carbocycles. The molecule has 0 saturated carbocycles. The number of fused-ring (bicyclic) bond motifs is 3. The summed E-state index contributed by atoms with van der Waals surface area (Å²) < 4.78 is 1.72. The van der Waals surface area contributed by atoms with Crippen molar-refractivity contribution in [2.45, 2.75) is 17.6 Å². The minimum absolute atomic E-state index is 0.326. The Morgan fingerprint density at radius 1 is 0.867 bits per heavy atom. The van der Waals surface area contributed by atoms with Gasteiger partial charge in [-0.3, -0.25) is 4.79 Å². The van der Waals surface area contributed by atoms with E-state index in [4.69, 9.17) is 4.98 Å². The van der Waals surface area contributed by atoms with Crippen LogP contribution in [0.4, 0.5) is 0 Å². The molecular weight excluding hydrogens is 392 g/mol. The van der Waals surface area contributed by atoms with Gasteiger partial charge in [0.1, 0.15) is 5.82 Å². The first-order valence-corrected chi connectivity index (χ1v) is 10.6. The van der Waals surface area contributed by atoms with Crippen molar-refractivity contribution in [1.29, 1.82) is 0 Å². The molecule has 0 atom stereocenters. The van der Waals surface area contributed by atoms with Gasteiger partial charge in [0, 0.05) is 15.8 Å². The molecule has 3 aromatic carbocycles. The molecule has 2 heterocycles. The lowest BCUT2D eigenvalue weighted by Gasteiger charge is -2.11. The van der Waals surface area contributed by atoms with Gasteiger partial charge in [-0.05, 0) is 31.2 Å². The molecule has 0 N–H and O–H groups in total. The average molecular weight is 411 g/mol. The van der Waals surface area contributed by atoms with Crippen LogP contribution in [0, 0.1) is 6.92 Å². The maximum absolute atomic E-state index is 12.8. The van der Waals surface area contributed by atoms with Crippen molar-refractivity contribution in [3.05, 3.63) is 101 Å². The molecule has 30 heavy (non-hydrogen) atoms. The normalized spacial score (nSPS) is 11.2. The second-order valence-electron chi connectivity index (χ2n) is 7.01. The average Bonchev–Trinajstić information content (AvgIpc) is 2.79. The number of aryl methyl sites for hydroxylation is 1. The van der Waals surface area contributed by atoms with Gasteiger partial charge in [0.15, 0.2) is 11.3 Å². The van der Waals surface area contributed by atoms with Crippen LogP contribution in [0.1, 0.15) is 11.4 Å². The molecule has 0 aliphatic heterocycles. The molecule has 2 aromatic heterocycles. The van der Waals surface area contributed by atoms with Crippen LogP contribution in [0.25, 0.3) is 27.8 Å². The zero-order valence-electron chi connectivity index (χ0n) is 16.3. The summed E-state index contributed by atoms with van der Waals surface area (Å²) in [6, 6.07) is 25.5. The minimum atomic E-state index is -0.338. The van der Waals surface area contributed by atoms with Gasteiger partial charge in [0.2, 0.25) is 0 Å². The fourth-order valence-electron chi connectivity index (χ4n) is 3.34. The van der Waals surface area contributed by atoms with E-state index in [-0.39, 0.29) is 5.56 Å². The molecular formula is C24H18N4OS. The highest BCUT2D eigenvalue weighted by molar-refractivity contribution is 7.98. The monoisotopic (exact) mass is 410 g/mol. The number of hydrogen-bond donors (Lipinski definition) is 0. The van der Waals surface area contributed by atoms with Gasteiger partial charge < -0.3 is 0 Å². The molecule has 0 fully saturated rings. The van der Waals surface area contributed by atoms with Crippen LogP contribution < -0.4 is 5.56 Å². The van der Waals surface area contributed by atoms with Gasteiger partial charge in [0.05, 0.1) is 11.3 Å². The van der Waals surface area contributed by atoms with Gasteiger partial charge in [0.25, 0.3) is 5.56 Å². The second-order valence-corrected chi connectivity index (χ2v) is 8.06. The predicted molar refractivity (Wildman–Crippen MR) is 121 cm³/mol. The molecule has 0 bridgehead atoms. The van der Waals surface area contributed by atoms with Crippen molar-refractivity contribution >= 4 is 28.3 Å². The van der Waals surface area contributed by atoms with E-state index in [1.54, 1.807) is 16.3 Å². The van der Waals surface area contributed by atoms with Crippen LogP contribution in [0.2, 0.25) is 0 Å². The Morgan fingerprint density at radius 2 is 1.60 bits per heavy atom. The van der Waals surface area contributed by atoms with Gasteiger partial charge >= 0.3 is 0 Å². The number of nitrogens with zero attached hydrogens (tertiary/aromatic N) is 4. The Labute approximate surface area is 177 Å². The molecule has 0 amide bonds. The summed E-state index contributed by atoms with van der Waals surface area (Å²) in [5.41, 5.74) is 3.29. The minimum Gasteiger partial charge on any atom is -0.265 e. The third-order valence-electron chi connectivity index (χ3n) is 4.89. The number of thioether (sulfide) groups is 1. The van der Waals surface area contributed by atoms with E-state index in [2.05, 4.69) is 41.3 Å². The van der Waals surface area contributed by atoms with E-state index in [1.807, 2.05) is 54.6 Å². The Kier molecular flexibility index (Phi) is 4.77. The highest BCUT2D eigenvalue weighted by Gasteiger charge is 2.14. The van der Waals surface area contributed by atoms with Gasteiger partial charge in [-0.1, -0.05) is 60.2 Å². The van der Waals surface area contributed by atoms with E-state index in [0.717, 1.165) is 27.2 Å². The summed E-state index contributed by atoms with van der Waals surface area (Å²) >= 11 is 1.68. The second kappa shape index (κ2) is 7.72. The number of hydrogen-bond acceptors (Lipinski definition) is 5. The molecule has 5 aromatic rings. The fourth-order valence-corrected chi connectivity index (χ4v) is 4.15. The number of aromatic nitrogens is 4. The van der Waals surface area contributed by atoms with E-state index in [1.165, 1.54) is 5.56 Å². The largest absolute Gasteiger partial charge is 0.300 e. The zero-order chi connectivity index (χ0) is 20.5. The third kappa shape index (κ3) is 3.46. The quantitative estimate of drug-likeness (QED) is 0.311. The fraction of sp³-hybridized carbons (Fsp3) is 0.0833. The van der Waals surface area contributed by atoms with Crippen molar-refractivity contribution in [3.63, 3.8) is 0 Å². The third-order valence-corrected chi connectivity index (χ3v) is 5.89. The van der Waals surface area contributed by atoms with Crippen LogP contribution in [-0.2, 0) is 5.75 Å². The first-order valence-electron chi connectivity index (χ1n) is 9.63. The lowest BCUT2D eigenvalue weighted by molar-refractivity contribution is 0.821. The number of benzene rings is 3.